The fraction of sp³-hybridized carbons (Fsp3) is 0.375. The summed E-state index contributed by atoms with van der Waals surface area (Å²) in [5.41, 5.74) is -1.11. The lowest BCUT2D eigenvalue weighted by molar-refractivity contribution is -0.119. The molecule has 1 aromatic carbocycles. The SMILES string of the molecule is CCOc1ccc(NC(=O)C(C)n2nc(C(F)F)cc2C(F)F)cc1. The predicted molar refractivity (Wildman–Crippen MR) is 83.1 cm³/mol. The Hall–Kier alpha value is -2.58. The van der Waals surface area contributed by atoms with Gasteiger partial charge in [0, 0.05) is 5.69 Å². The molecule has 1 atom stereocenters. The first-order valence-electron chi connectivity index (χ1n) is 7.52. The van der Waals surface area contributed by atoms with Crippen molar-refractivity contribution in [3.8, 4) is 5.75 Å². The number of hydrogen-bond acceptors (Lipinski definition) is 3. The summed E-state index contributed by atoms with van der Waals surface area (Å²) in [5.74, 6) is -0.0443. The van der Waals surface area contributed by atoms with Crippen LogP contribution in [0.3, 0.4) is 0 Å². The summed E-state index contributed by atoms with van der Waals surface area (Å²) in [6, 6.07) is 5.85. The molecule has 0 aliphatic rings. The number of nitrogens with zero attached hydrogens (tertiary/aromatic N) is 2. The Morgan fingerprint density at radius 3 is 2.36 bits per heavy atom. The maximum atomic E-state index is 13.0. The Bertz CT molecular complexity index is 717. The minimum absolute atomic E-state index is 0.417. The van der Waals surface area contributed by atoms with Gasteiger partial charge in [0.15, 0.2) is 0 Å². The highest BCUT2D eigenvalue weighted by Crippen LogP contribution is 2.28. The molecule has 0 saturated carbocycles. The Kier molecular flexibility index (Phi) is 6.00. The van der Waals surface area contributed by atoms with Gasteiger partial charge in [-0.15, -0.1) is 0 Å². The van der Waals surface area contributed by atoms with E-state index in [-0.39, 0.29) is 0 Å². The van der Waals surface area contributed by atoms with Crippen LogP contribution in [0.4, 0.5) is 23.2 Å². The van der Waals surface area contributed by atoms with Crippen molar-refractivity contribution in [1.29, 1.82) is 0 Å². The third-order valence-corrected chi connectivity index (χ3v) is 3.41. The molecule has 0 bridgehead atoms. The van der Waals surface area contributed by atoms with Gasteiger partial charge < -0.3 is 10.1 Å². The van der Waals surface area contributed by atoms with Crippen LogP contribution in [0, 0.1) is 0 Å². The molecule has 25 heavy (non-hydrogen) atoms. The van der Waals surface area contributed by atoms with Crippen LogP contribution in [0.25, 0.3) is 0 Å². The van der Waals surface area contributed by atoms with Gasteiger partial charge in [0.05, 0.1) is 6.61 Å². The fourth-order valence-corrected chi connectivity index (χ4v) is 2.17. The van der Waals surface area contributed by atoms with E-state index in [1.807, 2.05) is 6.92 Å². The number of ether oxygens (including phenoxy) is 1. The number of amides is 1. The minimum atomic E-state index is -3.03. The van der Waals surface area contributed by atoms with Crippen molar-refractivity contribution >= 4 is 11.6 Å². The standard InChI is InChI=1S/C16H17F4N3O2/c1-3-25-11-6-4-10(5-7-11)21-16(24)9(2)23-13(15(19)20)8-12(22-23)14(17)18/h4-9,14-15H,3H2,1-2H3,(H,21,24). The van der Waals surface area contributed by atoms with E-state index in [0.29, 0.717) is 28.8 Å². The number of aromatic nitrogens is 2. The van der Waals surface area contributed by atoms with Crippen LogP contribution in [0.1, 0.15) is 44.1 Å². The van der Waals surface area contributed by atoms with Crippen molar-refractivity contribution < 1.29 is 27.1 Å². The van der Waals surface area contributed by atoms with Crippen molar-refractivity contribution in [1.82, 2.24) is 9.78 Å². The average Bonchev–Trinajstić information content (AvgIpc) is 3.02. The van der Waals surface area contributed by atoms with Crippen LogP contribution in [0.15, 0.2) is 30.3 Å². The summed E-state index contributed by atoms with van der Waals surface area (Å²) in [6.07, 6.45) is -6.03. The van der Waals surface area contributed by atoms with Gasteiger partial charge in [-0.25, -0.2) is 17.6 Å². The van der Waals surface area contributed by atoms with E-state index in [2.05, 4.69) is 10.4 Å². The monoisotopic (exact) mass is 359 g/mol. The summed E-state index contributed by atoms with van der Waals surface area (Å²) in [5, 5.41) is 5.96. The number of halogens is 4. The maximum absolute atomic E-state index is 13.0. The number of carbonyl (C=O) groups is 1. The van der Waals surface area contributed by atoms with Gasteiger partial charge >= 0.3 is 0 Å². The topological polar surface area (TPSA) is 56.1 Å². The van der Waals surface area contributed by atoms with Crippen molar-refractivity contribution in [3.63, 3.8) is 0 Å². The van der Waals surface area contributed by atoms with Gasteiger partial charge in [0.1, 0.15) is 23.2 Å². The molecular weight excluding hydrogens is 342 g/mol. The molecule has 2 rings (SSSR count). The molecule has 136 valence electrons. The quantitative estimate of drug-likeness (QED) is 0.748. The number of hydrogen-bond donors (Lipinski definition) is 1. The van der Waals surface area contributed by atoms with Crippen molar-refractivity contribution in [3.05, 3.63) is 41.7 Å². The molecule has 1 amide bonds. The molecule has 0 aliphatic carbocycles. The lowest BCUT2D eigenvalue weighted by atomic mass is 10.2. The lowest BCUT2D eigenvalue weighted by Crippen LogP contribution is -2.26. The molecule has 0 radical (unpaired) electrons. The first-order chi connectivity index (χ1) is 11.8. The molecule has 9 heteroatoms. The van der Waals surface area contributed by atoms with E-state index in [9.17, 15) is 22.4 Å². The summed E-state index contributed by atoms with van der Waals surface area (Å²) in [4.78, 5) is 12.2. The molecule has 1 aromatic heterocycles. The lowest BCUT2D eigenvalue weighted by Gasteiger charge is -2.15. The largest absolute Gasteiger partial charge is 0.494 e. The first kappa shape index (κ1) is 18.8. The van der Waals surface area contributed by atoms with Gasteiger partial charge in [-0.1, -0.05) is 0 Å². The smallest absolute Gasteiger partial charge is 0.282 e. The van der Waals surface area contributed by atoms with Crippen LogP contribution < -0.4 is 10.1 Å². The Morgan fingerprint density at radius 1 is 1.20 bits per heavy atom. The van der Waals surface area contributed by atoms with E-state index < -0.39 is 36.2 Å². The first-order valence-corrected chi connectivity index (χ1v) is 7.52. The van der Waals surface area contributed by atoms with E-state index in [0.717, 1.165) is 0 Å². The van der Waals surface area contributed by atoms with Crippen molar-refractivity contribution in [2.75, 3.05) is 11.9 Å². The number of benzene rings is 1. The van der Waals surface area contributed by atoms with Crippen LogP contribution >= 0.6 is 0 Å². The van der Waals surface area contributed by atoms with E-state index >= 15 is 0 Å². The molecule has 5 nitrogen and oxygen atoms in total. The van der Waals surface area contributed by atoms with Gasteiger partial charge in [-0.05, 0) is 44.2 Å². The van der Waals surface area contributed by atoms with Crippen molar-refractivity contribution in [2.24, 2.45) is 0 Å². The molecule has 1 N–H and O–H groups in total. The molecule has 1 unspecified atom stereocenters. The molecule has 1 heterocycles. The van der Waals surface area contributed by atoms with Crippen LogP contribution in [-0.4, -0.2) is 22.3 Å². The Balaban J connectivity index is 2.16. The number of alkyl halides is 4. The fourth-order valence-electron chi connectivity index (χ4n) is 2.17. The number of rotatable bonds is 7. The normalized spacial score (nSPS) is 12.5. The van der Waals surface area contributed by atoms with Gasteiger partial charge in [0.25, 0.3) is 12.9 Å². The number of anilines is 1. The second-order valence-corrected chi connectivity index (χ2v) is 5.16. The van der Waals surface area contributed by atoms with Crippen LogP contribution in [0.5, 0.6) is 5.75 Å². The molecule has 0 spiro atoms. The third-order valence-electron chi connectivity index (χ3n) is 3.41. The Morgan fingerprint density at radius 2 is 1.84 bits per heavy atom. The second kappa shape index (κ2) is 8.00. The molecule has 0 saturated heterocycles. The Labute approximate surface area is 141 Å². The van der Waals surface area contributed by atoms with E-state index in [1.54, 1.807) is 24.3 Å². The highest BCUT2D eigenvalue weighted by molar-refractivity contribution is 5.93. The molecule has 0 fully saturated rings. The van der Waals surface area contributed by atoms with Gasteiger partial charge in [-0.2, -0.15) is 5.10 Å². The number of carbonyl (C=O) groups excluding carboxylic acids is 1. The summed E-state index contributed by atoms with van der Waals surface area (Å²) in [6.45, 7) is 3.62. The highest BCUT2D eigenvalue weighted by Gasteiger charge is 2.26. The van der Waals surface area contributed by atoms with Gasteiger partial charge in [0.2, 0.25) is 5.91 Å². The van der Waals surface area contributed by atoms with Crippen LogP contribution in [-0.2, 0) is 4.79 Å². The third kappa shape index (κ3) is 4.49. The van der Waals surface area contributed by atoms with Crippen molar-refractivity contribution in [2.45, 2.75) is 32.7 Å². The second-order valence-electron chi connectivity index (χ2n) is 5.16. The summed E-state index contributed by atoms with van der Waals surface area (Å²) >= 11 is 0. The molecular formula is C16H17F4N3O2. The zero-order valence-electron chi connectivity index (χ0n) is 13.5. The molecule has 0 aliphatic heterocycles. The highest BCUT2D eigenvalue weighted by atomic mass is 19.3. The van der Waals surface area contributed by atoms with Crippen LogP contribution in [0.2, 0.25) is 0 Å². The van der Waals surface area contributed by atoms with Gasteiger partial charge in [-0.3, -0.25) is 9.48 Å². The van der Waals surface area contributed by atoms with E-state index in [1.165, 1.54) is 6.92 Å². The zero-order chi connectivity index (χ0) is 18.6. The maximum Gasteiger partial charge on any atom is 0.282 e. The van der Waals surface area contributed by atoms with E-state index in [4.69, 9.17) is 4.74 Å². The minimum Gasteiger partial charge on any atom is -0.494 e. The zero-order valence-corrected chi connectivity index (χ0v) is 13.5. The average molecular weight is 359 g/mol. The summed E-state index contributed by atoms with van der Waals surface area (Å²) < 4.78 is 57.3. The predicted octanol–water partition coefficient (Wildman–Crippen LogP) is 4.36. The summed E-state index contributed by atoms with van der Waals surface area (Å²) in [7, 11) is 0. The number of nitrogens with one attached hydrogen (secondary N) is 1. The molecule has 2 aromatic rings.